The van der Waals surface area contributed by atoms with Crippen LogP contribution in [0.5, 0.6) is 0 Å². The minimum absolute atomic E-state index is 0.217. The number of carbonyl (C=O) groups excluding carboxylic acids is 1. The van der Waals surface area contributed by atoms with Gasteiger partial charge in [-0.15, -0.1) is 0 Å². The molecule has 0 bridgehead atoms. The van der Waals surface area contributed by atoms with Crippen LogP contribution >= 0.6 is 23.2 Å². The van der Waals surface area contributed by atoms with Gasteiger partial charge in [-0.1, -0.05) is 49.0 Å². The van der Waals surface area contributed by atoms with Gasteiger partial charge >= 0.3 is 0 Å². The number of nitrogens with zero attached hydrogens (tertiary/aromatic N) is 2. The first-order valence-corrected chi connectivity index (χ1v) is 7.94. The molecule has 0 aromatic carbocycles. The molecule has 110 valence electrons. The van der Waals surface area contributed by atoms with Crippen molar-refractivity contribution >= 4 is 29.1 Å². The Balaban J connectivity index is 2.02. The molecule has 0 radical (unpaired) electrons. The third-order valence-electron chi connectivity index (χ3n) is 3.88. The summed E-state index contributed by atoms with van der Waals surface area (Å²) in [5.74, 6) is 0.891. The van der Waals surface area contributed by atoms with Crippen LogP contribution in [-0.2, 0) is 11.3 Å². The van der Waals surface area contributed by atoms with Crippen LogP contribution in [0.1, 0.15) is 44.6 Å². The first-order valence-electron chi connectivity index (χ1n) is 7.19. The van der Waals surface area contributed by atoms with Gasteiger partial charge in [-0.05, 0) is 24.8 Å². The van der Waals surface area contributed by atoms with Crippen LogP contribution in [0.3, 0.4) is 0 Å². The monoisotopic (exact) mass is 314 g/mol. The average Bonchev–Trinajstić information content (AvgIpc) is 2.57. The molecular weight excluding hydrogens is 295 g/mol. The Labute approximate surface area is 130 Å². The average molecular weight is 315 g/mol. The zero-order valence-corrected chi connectivity index (χ0v) is 13.3. The molecule has 5 heteroatoms. The molecule has 1 amide bonds. The Morgan fingerprint density at radius 1 is 1.35 bits per heavy atom. The fourth-order valence-electron chi connectivity index (χ4n) is 2.72. The summed E-state index contributed by atoms with van der Waals surface area (Å²) in [5, 5.41) is 0.767. The van der Waals surface area contributed by atoms with E-state index >= 15 is 0 Å². The maximum absolute atomic E-state index is 12.2. The van der Waals surface area contributed by atoms with Crippen molar-refractivity contribution in [3.8, 4) is 0 Å². The Morgan fingerprint density at radius 2 is 2.15 bits per heavy atom. The van der Waals surface area contributed by atoms with E-state index in [4.69, 9.17) is 23.2 Å². The van der Waals surface area contributed by atoms with E-state index < -0.39 is 0 Å². The first-order chi connectivity index (χ1) is 9.60. The largest absolute Gasteiger partial charge is 0.338 e. The summed E-state index contributed by atoms with van der Waals surface area (Å²) < 4.78 is 0. The van der Waals surface area contributed by atoms with Crippen molar-refractivity contribution < 1.29 is 4.79 Å². The molecule has 20 heavy (non-hydrogen) atoms. The van der Waals surface area contributed by atoms with E-state index in [9.17, 15) is 4.79 Å². The molecule has 1 fully saturated rings. The van der Waals surface area contributed by atoms with Gasteiger partial charge in [-0.3, -0.25) is 4.79 Å². The van der Waals surface area contributed by atoms with Crippen LogP contribution in [0.2, 0.25) is 10.3 Å². The van der Waals surface area contributed by atoms with Crippen LogP contribution in [0, 0.1) is 5.92 Å². The lowest BCUT2D eigenvalue weighted by atomic mass is 9.96. The molecule has 2 rings (SSSR count). The van der Waals surface area contributed by atoms with E-state index in [1.165, 1.54) is 12.8 Å². The zero-order chi connectivity index (χ0) is 14.5. The van der Waals surface area contributed by atoms with Crippen molar-refractivity contribution in [2.75, 3.05) is 6.54 Å². The van der Waals surface area contributed by atoms with Gasteiger partial charge in [-0.25, -0.2) is 4.98 Å². The van der Waals surface area contributed by atoms with E-state index in [-0.39, 0.29) is 5.91 Å². The predicted molar refractivity (Wildman–Crippen MR) is 81.9 cm³/mol. The summed E-state index contributed by atoms with van der Waals surface area (Å²) in [6.07, 6.45) is 5.13. The van der Waals surface area contributed by atoms with Gasteiger partial charge in [0.2, 0.25) is 5.91 Å². The summed E-state index contributed by atoms with van der Waals surface area (Å²) in [4.78, 5) is 18.1. The number of amides is 1. The quantitative estimate of drug-likeness (QED) is 0.775. The maximum Gasteiger partial charge on any atom is 0.222 e. The number of halogens is 2. The summed E-state index contributed by atoms with van der Waals surface area (Å²) in [5.41, 5.74) is 0.860. The Bertz CT molecular complexity index is 479. The highest BCUT2D eigenvalue weighted by atomic mass is 35.5. The minimum atomic E-state index is 0.217. The number of rotatable bonds is 4. The highest BCUT2D eigenvalue weighted by Gasteiger charge is 2.22. The number of hydrogen-bond donors (Lipinski definition) is 0. The molecule has 3 nitrogen and oxygen atoms in total. The highest BCUT2D eigenvalue weighted by Crippen LogP contribution is 2.25. The molecule has 1 unspecified atom stereocenters. The third-order valence-corrected chi connectivity index (χ3v) is 4.41. The zero-order valence-electron chi connectivity index (χ0n) is 11.7. The number of pyridine rings is 1. The maximum atomic E-state index is 12.2. The lowest BCUT2D eigenvalue weighted by Gasteiger charge is -2.21. The van der Waals surface area contributed by atoms with E-state index in [1.807, 2.05) is 11.0 Å². The summed E-state index contributed by atoms with van der Waals surface area (Å²) in [6.45, 7) is 3.53. The number of aromatic nitrogens is 1. The lowest BCUT2D eigenvalue weighted by molar-refractivity contribution is -0.131. The molecule has 1 aliphatic rings. The lowest BCUT2D eigenvalue weighted by Crippen LogP contribution is -2.30. The van der Waals surface area contributed by atoms with Gasteiger partial charge in [0.1, 0.15) is 10.3 Å². The molecule has 1 atom stereocenters. The molecule has 1 saturated heterocycles. The number of hydrogen-bond acceptors (Lipinski definition) is 2. The molecule has 0 saturated carbocycles. The van der Waals surface area contributed by atoms with E-state index in [0.29, 0.717) is 29.2 Å². The van der Waals surface area contributed by atoms with E-state index in [1.54, 1.807) is 6.07 Å². The van der Waals surface area contributed by atoms with Gasteiger partial charge in [0.15, 0.2) is 0 Å². The predicted octanol–water partition coefficient (Wildman–Crippen LogP) is 4.32. The summed E-state index contributed by atoms with van der Waals surface area (Å²) in [7, 11) is 0. The molecule has 1 aromatic rings. The van der Waals surface area contributed by atoms with Gasteiger partial charge in [0, 0.05) is 25.1 Å². The SMILES string of the molecule is CCCC1CCC(=O)N(Cc2ccc(Cl)nc2Cl)CC1. The Hall–Kier alpha value is -0.800. The third kappa shape index (κ3) is 4.10. The second-order valence-electron chi connectivity index (χ2n) is 5.38. The standard InChI is InChI=1S/C15H20Cl2N2O/c1-2-3-11-4-7-14(20)19(9-8-11)10-12-5-6-13(16)18-15(12)17/h5-6,11H,2-4,7-10H2,1H3. The van der Waals surface area contributed by atoms with E-state index in [0.717, 1.165) is 24.9 Å². The van der Waals surface area contributed by atoms with Gasteiger partial charge in [0.25, 0.3) is 0 Å². The second-order valence-corrected chi connectivity index (χ2v) is 6.13. The van der Waals surface area contributed by atoms with Gasteiger partial charge in [-0.2, -0.15) is 0 Å². The summed E-state index contributed by atoms with van der Waals surface area (Å²) in [6, 6.07) is 3.56. The van der Waals surface area contributed by atoms with Crippen LogP contribution in [0.15, 0.2) is 12.1 Å². The van der Waals surface area contributed by atoms with Crippen LogP contribution < -0.4 is 0 Å². The van der Waals surface area contributed by atoms with Gasteiger partial charge < -0.3 is 4.90 Å². The molecule has 1 aliphatic heterocycles. The molecule has 0 spiro atoms. The second kappa shape index (κ2) is 7.28. The Kier molecular flexibility index (Phi) is 5.67. The van der Waals surface area contributed by atoms with Crippen molar-refractivity contribution in [2.45, 2.75) is 45.6 Å². The smallest absolute Gasteiger partial charge is 0.222 e. The van der Waals surface area contributed by atoms with E-state index in [2.05, 4.69) is 11.9 Å². The first kappa shape index (κ1) is 15.6. The minimum Gasteiger partial charge on any atom is -0.338 e. The number of carbonyl (C=O) groups is 1. The molecule has 0 N–H and O–H groups in total. The Morgan fingerprint density at radius 3 is 2.85 bits per heavy atom. The fraction of sp³-hybridized carbons (Fsp3) is 0.600. The van der Waals surface area contributed by atoms with Gasteiger partial charge in [0.05, 0.1) is 0 Å². The van der Waals surface area contributed by atoms with Crippen molar-refractivity contribution in [2.24, 2.45) is 5.92 Å². The van der Waals surface area contributed by atoms with Crippen LogP contribution in [-0.4, -0.2) is 22.3 Å². The van der Waals surface area contributed by atoms with Crippen LogP contribution in [0.25, 0.3) is 0 Å². The van der Waals surface area contributed by atoms with Crippen molar-refractivity contribution in [1.29, 1.82) is 0 Å². The van der Waals surface area contributed by atoms with Crippen molar-refractivity contribution in [3.05, 3.63) is 28.0 Å². The van der Waals surface area contributed by atoms with Crippen LogP contribution in [0.4, 0.5) is 0 Å². The molecular formula is C15H20Cl2N2O. The normalized spacial score (nSPS) is 20.1. The molecule has 0 aliphatic carbocycles. The number of likely N-dealkylation sites (tertiary alicyclic amines) is 1. The molecule has 2 heterocycles. The van der Waals surface area contributed by atoms with Crippen molar-refractivity contribution in [3.63, 3.8) is 0 Å². The fourth-order valence-corrected chi connectivity index (χ4v) is 3.13. The molecule has 1 aromatic heterocycles. The summed E-state index contributed by atoms with van der Waals surface area (Å²) >= 11 is 11.9. The topological polar surface area (TPSA) is 33.2 Å². The highest BCUT2D eigenvalue weighted by molar-refractivity contribution is 6.32. The van der Waals surface area contributed by atoms with Crippen molar-refractivity contribution in [1.82, 2.24) is 9.88 Å².